The van der Waals surface area contributed by atoms with Gasteiger partial charge in [-0.05, 0) is 47.7 Å². The van der Waals surface area contributed by atoms with Crippen LogP contribution in [0.25, 0.3) is 11.1 Å². The van der Waals surface area contributed by atoms with E-state index in [1.807, 2.05) is 0 Å². The molecule has 1 nitrogen and oxygen atoms in total. The summed E-state index contributed by atoms with van der Waals surface area (Å²) in [6.45, 7) is 0. The van der Waals surface area contributed by atoms with Crippen molar-refractivity contribution < 1.29 is 9.18 Å². The number of carbonyl (C=O) groups excluding carboxylic acids is 1. The lowest BCUT2D eigenvalue weighted by molar-refractivity contribution is -0.118. The molecule has 1 fully saturated rings. The highest BCUT2D eigenvalue weighted by Gasteiger charge is 2.36. The molecule has 4 heteroatoms. The van der Waals surface area contributed by atoms with Gasteiger partial charge >= 0.3 is 0 Å². The number of benzene rings is 2. The Kier molecular flexibility index (Phi) is 4.94. The minimum Gasteiger partial charge on any atom is -0.299 e. The smallest absolute Gasteiger partial charge is 0.140 e. The van der Waals surface area contributed by atoms with Gasteiger partial charge in [0, 0.05) is 34.4 Å². The Morgan fingerprint density at radius 2 is 1.88 bits per heavy atom. The zero-order valence-corrected chi connectivity index (χ0v) is 14.4. The van der Waals surface area contributed by atoms with Gasteiger partial charge < -0.3 is 0 Å². The van der Waals surface area contributed by atoms with Crippen molar-refractivity contribution in [3.63, 3.8) is 0 Å². The van der Waals surface area contributed by atoms with Gasteiger partial charge in [0.15, 0.2) is 0 Å². The normalized spacial score (nSPS) is 20.2. The lowest BCUT2D eigenvalue weighted by Gasteiger charge is -2.14. The first-order valence-corrected chi connectivity index (χ1v) is 8.46. The zero-order valence-electron chi connectivity index (χ0n) is 12.9. The number of carbonyl (C=O) groups is 1. The highest BCUT2D eigenvalue weighted by Crippen LogP contribution is 2.42. The topological polar surface area (TPSA) is 17.1 Å². The monoisotopic (exact) mass is 360 g/mol. The molecule has 0 bridgehead atoms. The second-order valence-corrected chi connectivity index (χ2v) is 6.94. The SMILES string of the molecule is C#CCC1CC(=O)C(c2c(F)cc(-c3ccc(Cl)cc3)cc2Cl)C1. The molecule has 1 saturated carbocycles. The Balaban J connectivity index is 1.95. The minimum absolute atomic E-state index is 0.00953. The van der Waals surface area contributed by atoms with Crippen LogP contribution in [0.2, 0.25) is 10.0 Å². The first-order chi connectivity index (χ1) is 11.5. The number of Topliss-reactive ketones (excluding diaryl/α,β-unsaturated/α-hetero) is 1. The number of ketones is 1. The molecule has 2 aromatic rings. The molecular weight excluding hydrogens is 346 g/mol. The molecule has 0 spiro atoms. The lowest BCUT2D eigenvalue weighted by Crippen LogP contribution is -2.07. The third-order valence-corrected chi connectivity index (χ3v) is 5.02. The zero-order chi connectivity index (χ0) is 17.3. The largest absolute Gasteiger partial charge is 0.299 e. The minimum atomic E-state index is -0.505. The van der Waals surface area contributed by atoms with Gasteiger partial charge in [-0.15, -0.1) is 12.3 Å². The van der Waals surface area contributed by atoms with E-state index in [0.717, 1.165) is 5.56 Å². The lowest BCUT2D eigenvalue weighted by atomic mass is 9.92. The van der Waals surface area contributed by atoms with Gasteiger partial charge in [-0.2, -0.15) is 0 Å². The van der Waals surface area contributed by atoms with Gasteiger partial charge in [0.2, 0.25) is 0 Å². The van der Waals surface area contributed by atoms with E-state index in [0.29, 0.717) is 35.4 Å². The average molecular weight is 361 g/mol. The molecule has 0 saturated heterocycles. The molecule has 0 amide bonds. The molecule has 0 aliphatic heterocycles. The van der Waals surface area contributed by atoms with E-state index in [1.54, 1.807) is 30.3 Å². The fourth-order valence-corrected chi connectivity index (χ4v) is 3.77. The van der Waals surface area contributed by atoms with Gasteiger partial charge in [0.25, 0.3) is 0 Å². The van der Waals surface area contributed by atoms with Gasteiger partial charge in [0.1, 0.15) is 11.6 Å². The fourth-order valence-electron chi connectivity index (χ4n) is 3.30. The maximum absolute atomic E-state index is 14.7. The third-order valence-electron chi connectivity index (χ3n) is 4.46. The maximum Gasteiger partial charge on any atom is 0.140 e. The predicted molar refractivity (Wildman–Crippen MR) is 95.8 cm³/mol. The van der Waals surface area contributed by atoms with Crippen LogP contribution >= 0.6 is 23.2 Å². The third kappa shape index (κ3) is 3.34. The van der Waals surface area contributed by atoms with Gasteiger partial charge in [-0.25, -0.2) is 4.39 Å². The maximum atomic E-state index is 14.7. The van der Waals surface area contributed by atoms with E-state index < -0.39 is 11.7 Å². The molecule has 2 atom stereocenters. The summed E-state index contributed by atoms with van der Waals surface area (Å²) in [5, 5.41) is 0.887. The quantitative estimate of drug-likeness (QED) is 0.624. The summed E-state index contributed by atoms with van der Waals surface area (Å²) in [5.74, 6) is 1.74. The molecular formula is C20H15Cl2FO. The summed E-state index contributed by atoms with van der Waals surface area (Å²) in [7, 11) is 0. The number of hydrogen-bond acceptors (Lipinski definition) is 1. The average Bonchev–Trinajstić information content (AvgIpc) is 2.88. The van der Waals surface area contributed by atoms with Crippen molar-refractivity contribution in [3.8, 4) is 23.5 Å². The van der Waals surface area contributed by atoms with Crippen LogP contribution in [-0.2, 0) is 4.79 Å². The summed E-state index contributed by atoms with van der Waals surface area (Å²) in [6.07, 6.45) is 6.80. The predicted octanol–water partition coefficient (Wildman–Crippen LogP) is 5.89. The highest BCUT2D eigenvalue weighted by molar-refractivity contribution is 6.32. The molecule has 0 heterocycles. The first-order valence-electron chi connectivity index (χ1n) is 7.70. The van der Waals surface area contributed by atoms with Gasteiger partial charge in [-0.3, -0.25) is 4.79 Å². The van der Waals surface area contributed by atoms with Crippen LogP contribution < -0.4 is 0 Å². The van der Waals surface area contributed by atoms with Crippen molar-refractivity contribution in [3.05, 3.63) is 57.8 Å². The van der Waals surface area contributed by atoms with Crippen LogP contribution in [0.5, 0.6) is 0 Å². The molecule has 2 unspecified atom stereocenters. The molecule has 2 aromatic carbocycles. The molecule has 0 N–H and O–H groups in total. The highest BCUT2D eigenvalue weighted by atomic mass is 35.5. The Bertz CT molecular complexity index is 798. The van der Waals surface area contributed by atoms with Crippen molar-refractivity contribution >= 4 is 29.0 Å². The van der Waals surface area contributed by atoms with E-state index in [4.69, 9.17) is 29.6 Å². The van der Waals surface area contributed by atoms with Gasteiger partial charge in [-0.1, -0.05) is 35.3 Å². The van der Waals surface area contributed by atoms with Crippen molar-refractivity contribution in [1.29, 1.82) is 0 Å². The number of hydrogen-bond donors (Lipinski definition) is 0. The second kappa shape index (κ2) is 6.97. The number of halogens is 3. The summed E-state index contributed by atoms with van der Waals surface area (Å²) in [5.41, 5.74) is 1.76. The molecule has 1 aliphatic rings. The summed E-state index contributed by atoms with van der Waals surface area (Å²) in [4.78, 5) is 12.2. The summed E-state index contributed by atoms with van der Waals surface area (Å²) >= 11 is 12.2. The van der Waals surface area contributed by atoms with E-state index in [2.05, 4.69) is 5.92 Å². The van der Waals surface area contributed by atoms with Crippen LogP contribution in [0.4, 0.5) is 4.39 Å². The van der Waals surface area contributed by atoms with Crippen LogP contribution in [0.1, 0.15) is 30.7 Å². The Labute approximate surface area is 150 Å². The Morgan fingerprint density at radius 3 is 2.50 bits per heavy atom. The first kappa shape index (κ1) is 17.0. The summed E-state index contributed by atoms with van der Waals surface area (Å²) < 4.78 is 14.7. The molecule has 3 rings (SSSR count). The van der Waals surface area contributed by atoms with E-state index in [9.17, 15) is 9.18 Å². The van der Waals surface area contributed by atoms with Crippen molar-refractivity contribution in [1.82, 2.24) is 0 Å². The molecule has 122 valence electrons. The Hall–Kier alpha value is -1.82. The van der Waals surface area contributed by atoms with E-state index in [-0.39, 0.29) is 16.7 Å². The molecule has 0 aromatic heterocycles. The van der Waals surface area contributed by atoms with E-state index in [1.165, 1.54) is 6.07 Å². The molecule has 24 heavy (non-hydrogen) atoms. The van der Waals surface area contributed by atoms with Gasteiger partial charge in [0.05, 0.1) is 0 Å². The standard InChI is InChI=1S/C20H15Cl2FO/c1-2-3-12-8-16(19(24)9-12)20-17(22)10-14(11-18(20)23)13-4-6-15(21)7-5-13/h1,4-7,10-12,16H,3,8-9H2. The van der Waals surface area contributed by atoms with Crippen LogP contribution in [0, 0.1) is 24.1 Å². The van der Waals surface area contributed by atoms with Crippen LogP contribution in [-0.4, -0.2) is 5.78 Å². The Morgan fingerprint density at radius 1 is 1.17 bits per heavy atom. The molecule has 0 radical (unpaired) electrons. The van der Waals surface area contributed by atoms with Crippen molar-refractivity contribution in [2.75, 3.05) is 0 Å². The molecule has 1 aliphatic carbocycles. The van der Waals surface area contributed by atoms with Crippen molar-refractivity contribution in [2.24, 2.45) is 5.92 Å². The van der Waals surface area contributed by atoms with Crippen LogP contribution in [0.15, 0.2) is 36.4 Å². The van der Waals surface area contributed by atoms with Crippen LogP contribution in [0.3, 0.4) is 0 Å². The number of terminal acetylenes is 1. The van der Waals surface area contributed by atoms with E-state index >= 15 is 0 Å². The summed E-state index contributed by atoms with van der Waals surface area (Å²) in [6, 6.07) is 10.2. The fraction of sp³-hybridized carbons (Fsp3) is 0.250. The second-order valence-electron chi connectivity index (χ2n) is 6.09. The van der Waals surface area contributed by atoms with Crippen molar-refractivity contribution in [2.45, 2.75) is 25.2 Å². The number of rotatable bonds is 3.